The molecular weight excluding hydrogens is 410 g/mol. The second-order valence-corrected chi connectivity index (χ2v) is 9.69. The molecule has 3 aromatic rings. The van der Waals surface area contributed by atoms with Crippen LogP contribution in [0.1, 0.15) is 28.5 Å². The largest absolute Gasteiger partial charge is 0.495 e. The summed E-state index contributed by atoms with van der Waals surface area (Å²) in [5.41, 5.74) is 3.43. The first-order valence-corrected chi connectivity index (χ1v) is 11.2. The van der Waals surface area contributed by atoms with E-state index in [4.69, 9.17) is 16.3 Å². The number of hydrogen-bond acceptors (Lipinski definition) is 4. The lowest BCUT2D eigenvalue weighted by atomic mass is 10.1. The van der Waals surface area contributed by atoms with E-state index in [0.717, 1.165) is 22.5 Å². The summed E-state index contributed by atoms with van der Waals surface area (Å²) in [7, 11) is -1.83. The van der Waals surface area contributed by atoms with Crippen LogP contribution in [0.3, 0.4) is 0 Å². The molecule has 4 rings (SSSR count). The van der Waals surface area contributed by atoms with Crippen LogP contribution in [0.4, 0.5) is 0 Å². The normalized spacial score (nSPS) is 18.8. The van der Waals surface area contributed by atoms with E-state index in [2.05, 4.69) is 4.98 Å². The highest BCUT2D eigenvalue weighted by molar-refractivity contribution is 7.89. The van der Waals surface area contributed by atoms with E-state index >= 15 is 0 Å². The molecule has 1 aliphatic rings. The average Bonchev–Trinajstić information content (AvgIpc) is 3.25. The van der Waals surface area contributed by atoms with Crippen LogP contribution in [0.5, 0.6) is 5.75 Å². The van der Waals surface area contributed by atoms with E-state index in [1.165, 1.54) is 0 Å². The topological polar surface area (TPSA) is 64.4 Å². The van der Waals surface area contributed by atoms with Crippen molar-refractivity contribution >= 4 is 21.6 Å². The molecular formula is C21H22ClN3O3S. The zero-order valence-electron chi connectivity index (χ0n) is 16.2. The van der Waals surface area contributed by atoms with Gasteiger partial charge in [-0.15, -0.1) is 0 Å². The molecule has 0 amide bonds. The molecule has 0 aliphatic carbocycles. The van der Waals surface area contributed by atoms with Crippen LogP contribution in [-0.4, -0.2) is 35.9 Å². The van der Waals surface area contributed by atoms with Gasteiger partial charge in [-0.2, -0.15) is 4.31 Å². The molecule has 1 fully saturated rings. The average molecular weight is 432 g/mol. The molecule has 152 valence electrons. The molecule has 29 heavy (non-hydrogen) atoms. The minimum atomic E-state index is -3.44. The van der Waals surface area contributed by atoms with E-state index in [1.54, 1.807) is 42.0 Å². The zero-order chi connectivity index (χ0) is 20.6. The van der Waals surface area contributed by atoms with E-state index in [0.29, 0.717) is 30.3 Å². The molecule has 1 atom stereocenters. The number of benzene rings is 2. The van der Waals surface area contributed by atoms with Crippen LogP contribution in [0.2, 0.25) is 5.02 Å². The van der Waals surface area contributed by atoms with Gasteiger partial charge < -0.3 is 9.30 Å². The van der Waals surface area contributed by atoms with Gasteiger partial charge in [0, 0.05) is 24.3 Å². The molecule has 0 bridgehead atoms. The molecule has 2 aromatic carbocycles. The highest BCUT2D eigenvalue weighted by atomic mass is 35.5. The van der Waals surface area contributed by atoms with Gasteiger partial charge >= 0.3 is 0 Å². The van der Waals surface area contributed by atoms with E-state index < -0.39 is 15.3 Å². The van der Waals surface area contributed by atoms with E-state index in [-0.39, 0.29) is 0 Å². The fraction of sp³-hybridized carbons (Fsp3) is 0.286. The maximum absolute atomic E-state index is 13.1. The number of aryl methyl sites for hydroxylation is 1. The highest BCUT2D eigenvalue weighted by Gasteiger charge is 2.39. The number of sulfonamides is 1. The SMILES string of the molecule is COc1cc(CN2CCC(c3ccc(Cl)cc3)S2(=O)=O)ccc1-n1cnc(C)c1. The molecule has 1 aliphatic heterocycles. The summed E-state index contributed by atoms with van der Waals surface area (Å²) in [5, 5.41) is 0.0659. The van der Waals surface area contributed by atoms with Crippen LogP contribution in [0.15, 0.2) is 55.0 Å². The Balaban J connectivity index is 1.57. The fourth-order valence-electron chi connectivity index (χ4n) is 3.69. The summed E-state index contributed by atoms with van der Waals surface area (Å²) in [5.74, 6) is 0.672. The Bertz CT molecular complexity index is 1130. The third-order valence-electron chi connectivity index (χ3n) is 5.19. The van der Waals surface area contributed by atoms with Crippen molar-refractivity contribution in [2.75, 3.05) is 13.7 Å². The van der Waals surface area contributed by atoms with Crippen molar-refractivity contribution in [3.05, 3.63) is 76.8 Å². The lowest BCUT2D eigenvalue weighted by Crippen LogP contribution is -2.26. The summed E-state index contributed by atoms with van der Waals surface area (Å²) >= 11 is 5.93. The van der Waals surface area contributed by atoms with E-state index in [9.17, 15) is 8.42 Å². The predicted molar refractivity (Wildman–Crippen MR) is 113 cm³/mol. The Labute approximate surface area is 175 Å². The number of ether oxygens (including phenoxy) is 1. The van der Waals surface area contributed by atoms with Gasteiger partial charge in [-0.25, -0.2) is 13.4 Å². The van der Waals surface area contributed by atoms with Crippen LogP contribution >= 0.6 is 11.6 Å². The standard InChI is InChI=1S/C21H22ClN3O3S/c1-15-12-24(14-23-15)19-8-3-16(11-20(19)28-2)13-25-10-9-21(29(25,26)27)17-4-6-18(22)7-5-17/h3-8,11-12,14,21H,9-10,13H2,1-2H3. The molecule has 2 heterocycles. The number of rotatable bonds is 5. The number of imidazole rings is 1. The van der Waals surface area contributed by atoms with Gasteiger partial charge in [-0.05, 0) is 48.7 Å². The minimum Gasteiger partial charge on any atom is -0.495 e. The number of aromatic nitrogens is 2. The lowest BCUT2D eigenvalue weighted by Gasteiger charge is -2.18. The third-order valence-corrected chi connectivity index (χ3v) is 7.71. The summed E-state index contributed by atoms with van der Waals surface area (Å²) in [6.07, 6.45) is 4.21. The Morgan fingerprint density at radius 2 is 1.97 bits per heavy atom. The second kappa shape index (κ2) is 7.82. The van der Waals surface area contributed by atoms with Crippen molar-refractivity contribution < 1.29 is 13.2 Å². The molecule has 0 radical (unpaired) electrons. The summed E-state index contributed by atoms with van der Waals surface area (Å²) < 4.78 is 35.1. The summed E-state index contributed by atoms with van der Waals surface area (Å²) in [6, 6.07) is 12.8. The highest BCUT2D eigenvalue weighted by Crippen LogP contribution is 2.37. The maximum Gasteiger partial charge on any atom is 0.221 e. The number of methoxy groups -OCH3 is 1. The zero-order valence-corrected chi connectivity index (χ0v) is 17.8. The quantitative estimate of drug-likeness (QED) is 0.609. The third kappa shape index (κ3) is 3.90. The Morgan fingerprint density at radius 1 is 1.21 bits per heavy atom. The molecule has 1 saturated heterocycles. The second-order valence-electron chi connectivity index (χ2n) is 7.14. The number of nitrogens with zero attached hydrogens (tertiary/aromatic N) is 3. The maximum atomic E-state index is 13.1. The fourth-order valence-corrected chi connectivity index (χ4v) is 5.77. The molecule has 0 N–H and O–H groups in total. The Morgan fingerprint density at radius 3 is 2.62 bits per heavy atom. The van der Waals surface area contributed by atoms with Gasteiger partial charge in [0.2, 0.25) is 10.0 Å². The van der Waals surface area contributed by atoms with Gasteiger partial charge in [0.05, 0.1) is 24.8 Å². The monoisotopic (exact) mass is 431 g/mol. The van der Waals surface area contributed by atoms with Gasteiger partial charge in [0.1, 0.15) is 11.0 Å². The smallest absolute Gasteiger partial charge is 0.221 e. The van der Waals surface area contributed by atoms with Crippen LogP contribution in [0, 0.1) is 6.92 Å². The Hall–Kier alpha value is -2.35. The van der Waals surface area contributed by atoms with Crippen molar-refractivity contribution in [1.29, 1.82) is 0 Å². The molecule has 1 aromatic heterocycles. The number of halogens is 1. The predicted octanol–water partition coefficient (Wildman–Crippen LogP) is 4.12. The van der Waals surface area contributed by atoms with Crippen molar-refractivity contribution in [3.63, 3.8) is 0 Å². The Kier molecular flexibility index (Phi) is 5.38. The molecule has 1 unspecified atom stereocenters. The van der Waals surface area contributed by atoms with E-state index in [1.807, 2.05) is 35.9 Å². The lowest BCUT2D eigenvalue weighted by molar-refractivity contribution is 0.408. The summed E-state index contributed by atoms with van der Waals surface area (Å²) in [6.45, 7) is 2.72. The molecule has 0 saturated carbocycles. The molecule has 8 heteroatoms. The molecule has 6 nitrogen and oxygen atoms in total. The van der Waals surface area contributed by atoms with Crippen LogP contribution in [0.25, 0.3) is 5.69 Å². The van der Waals surface area contributed by atoms with Crippen LogP contribution in [-0.2, 0) is 16.6 Å². The summed E-state index contributed by atoms with van der Waals surface area (Å²) in [4.78, 5) is 4.25. The molecule has 0 spiro atoms. The first-order chi connectivity index (χ1) is 13.9. The van der Waals surface area contributed by atoms with Gasteiger partial charge in [0.25, 0.3) is 0 Å². The first kappa shape index (κ1) is 19.9. The van der Waals surface area contributed by atoms with Gasteiger partial charge in [-0.1, -0.05) is 29.8 Å². The van der Waals surface area contributed by atoms with Crippen molar-refractivity contribution in [2.24, 2.45) is 0 Å². The van der Waals surface area contributed by atoms with Gasteiger partial charge in [-0.3, -0.25) is 0 Å². The van der Waals surface area contributed by atoms with Crippen molar-refractivity contribution in [1.82, 2.24) is 13.9 Å². The van der Waals surface area contributed by atoms with Crippen LogP contribution < -0.4 is 4.74 Å². The van der Waals surface area contributed by atoms with Gasteiger partial charge in [0.15, 0.2) is 0 Å². The number of hydrogen-bond donors (Lipinski definition) is 0. The van der Waals surface area contributed by atoms with Crippen molar-refractivity contribution in [2.45, 2.75) is 25.1 Å². The first-order valence-electron chi connectivity index (χ1n) is 9.31. The van der Waals surface area contributed by atoms with Crippen molar-refractivity contribution in [3.8, 4) is 11.4 Å². The minimum absolute atomic E-state index is 0.312.